The SMILES string of the molecule is COc1ccc(-c2cc(C(N)=O)nc3n[c]nn23)cc1. The summed E-state index contributed by atoms with van der Waals surface area (Å²) in [4.78, 5) is 19.2. The third-order valence-electron chi connectivity index (χ3n) is 2.84. The third kappa shape index (κ3) is 1.95. The quantitative estimate of drug-likeness (QED) is 0.754. The highest BCUT2D eigenvalue weighted by molar-refractivity contribution is 5.92. The molecule has 1 radical (unpaired) electrons. The first kappa shape index (κ1) is 12.1. The number of carbonyl (C=O) groups excluding carboxylic acids is 1. The summed E-state index contributed by atoms with van der Waals surface area (Å²) in [5.74, 6) is 0.386. The zero-order valence-electron chi connectivity index (χ0n) is 10.6. The van der Waals surface area contributed by atoms with E-state index < -0.39 is 5.91 Å². The fourth-order valence-electron chi connectivity index (χ4n) is 1.86. The molecule has 7 nitrogen and oxygen atoms in total. The van der Waals surface area contributed by atoms with Gasteiger partial charge in [-0.3, -0.25) is 4.79 Å². The van der Waals surface area contributed by atoms with Gasteiger partial charge < -0.3 is 10.5 Å². The van der Waals surface area contributed by atoms with Crippen molar-refractivity contribution in [2.24, 2.45) is 5.73 Å². The van der Waals surface area contributed by atoms with Crippen molar-refractivity contribution in [1.82, 2.24) is 19.6 Å². The molecule has 3 rings (SSSR count). The maximum Gasteiger partial charge on any atom is 0.267 e. The van der Waals surface area contributed by atoms with Gasteiger partial charge in [0.15, 0.2) is 0 Å². The summed E-state index contributed by atoms with van der Waals surface area (Å²) in [5.41, 5.74) is 6.89. The summed E-state index contributed by atoms with van der Waals surface area (Å²) in [6.45, 7) is 0. The Morgan fingerprint density at radius 3 is 2.75 bits per heavy atom. The van der Waals surface area contributed by atoms with Crippen LogP contribution < -0.4 is 10.5 Å². The standard InChI is InChI=1S/C13H10N5O2/c1-20-9-4-2-8(3-5-9)11-6-10(12(14)19)17-13-15-7-16-18(11)13/h2-6H,1H3,(H2,14,19). The number of fused-ring (bicyclic) bond motifs is 1. The van der Waals surface area contributed by atoms with Crippen LogP contribution >= 0.6 is 0 Å². The van der Waals surface area contributed by atoms with Gasteiger partial charge in [0.05, 0.1) is 12.8 Å². The number of ether oxygens (including phenoxy) is 1. The lowest BCUT2D eigenvalue weighted by atomic mass is 10.1. The molecule has 2 aromatic heterocycles. The van der Waals surface area contributed by atoms with Crippen LogP contribution in [0.3, 0.4) is 0 Å². The predicted molar refractivity (Wildman–Crippen MR) is 70.1 cm³/mol. The highest BCUT2D eigenvalue weighted by Crippen LogP contribution is 2.22. The average Bonchev–Trinajstić information content (AvgIpc) is 2.94. The van der Waals surface area contributed by atoms with Crippen molar-refractivity contribution < 1.29 is 9.53 Å². The fraction of sp³-hybridized carbons (Fsp3) is 0.0769. The molecule has 0 spiro atoms. The second-order valence-electron chi connectivity index (χ2n) is 4.04. The molecule has 0 aliphatic rings. The van der Waals surface area contributed by atoms with Gasteiger partial charge in [0.2, 0.25) is 6.33 Å². The lowest BCUT2D eigenvalue weighted by Gasteiger charge is -2.06. The van der Waals surface area contributed by atoms with Crippen molar-refractivity contribution in [3.05, 3.63) is 42.4 Å². The van der Waals surface area contributed by atoms with Crippen LogP contribution in [0.25, 0.3) is 17.0 Å². The molecule has 99 valence electrons. The largest absolute Gasteiger partial charge is 0.497 e. The highest BCUT2D eigenvalue weighted by Gasteiger charge is 2.12. The van der Waals surface area contributed by atoms with Crippen LogP contribution in [0.15, 0.2) is 30.3 Å². The number of primary amides is 1. The van der Waals surface area contributed by atoms with Crippen LogP contribution in [0.1, 0.15) is 10.5 Å². The number of methoxy groups -OCH3 is 1. The zero-order chi connectivity index (χ0) is 14.1. The molecule has 2 N–H and O–H groups in total. The van der Waals surface area contributed by atoms with Crippen molar-refractivity contribution in [2.75, 3.05) is 7.11 Å². The van der Waals surface area contributed by atoms with Crippen LogP contribution in [0.4, 0.5) is 0 Å². The van der Waals surface area contributed by atoms with E-state index in [4.69, 9.17) is 10.5 Å². The van der Waals surface area contributed by atoms with E-state index >= 15 is 0 Å². The Kier molecular flexibility index (Phi) is 2.79. The van der Waals surface area contributed by atoms with Gasteiger partial charge in [-0.05, 0) is 30.3 Å². The number of hydrogen-bond donors (Lipinski definition) is 1. The molecular formula is C13H10N5O2. The van der Waals surface area contributed by atoms with E-state index in [0.29, 0.717) is 5.69 Å². The van der Waals surface area contributed by atoms with Gasteiger partial charge in [0.1, 0.15) is 11.4 Å². The third-order valence-corrected chi connectivity index (χ3v) is 2.84. The Bertz CT molecular complexity index is 779. The van der Waals surface area contributed by atoms with E-state index in [-0.39, 0.29) is 11.5 Å². The number of aromatic nitrogens is 4. The second kappa shape index (κ2) is 4.61. The first-order valence-electron chi connectivity index (χ1n) is 5.77. The molecule has 0 fully saturated rings. The van der Waals surface area contributed by atoms with Crippen molar-refractivity contribution in [2.45, 2.75) is 0 Å². The Morgan fingerprint density at radius 1 is 1.35 bits per heavy atom. The van der Waals surface area contributed by atoms with Crippen molar-refractivity contribution in [1.29, 1.82) is 0 Å². The molecule has 0 aliphatic heterocycles. The Hall–Kier alpha value is -2.96. The minimum atomic E-state index is -0.620. The number of benzene rings is 1. The first-order chi connectivity index (χ1) is 9.69. The molecule has 0 atom stereocenters. The molecule has 2 heterocycles. The molecule has 1 aromatic carbocycles. The predicted octanol–water partition coefficient (Wildman–Crippen LogP) is 0.699. The Morgan fingerprint density at radius 2 is 2.10 bits per heavy atom. The lowest BCUT2D eigenvalue weighted by molar-refractivity contribution is 0.0995. The average molecular weight is 268 g/mol. The van der Waals surface area contributed by atoms with Crippen LogP contribution in [0.5, 0.6) is 5.75 Å². The molecule has 0 saturated heterocycles. The molecule has 0 unspecified atom stereocenters. The summed E-state index contributed by atoms with van der Waals surface area (Å²) >= 11 is 0. The molecule has 20 heavy (non-hydrogen) atoms. The highest BCUT2D eigenvalue weighted by atomic mass is 16.5. The van der Waals surface area contributed by atoms with Crippen LogP contribution in [-0.2, 0) is 0 Å². The second-order valence-corrected chi connectivity index (χ2v) is 4.04. The van der Waals surface area contributed by atoms with Crippen LogP contribution in [-0.4, -0.2) is 32.6 Å². The van der Waals surface area contributed by atoms with Gasteiger partial charge in [0, 0.05) is 5.56 Å². The van der Waals surface area contributed by atoms with Crippen LogP contribution in [0, 0.1) is 6.33 Å². The molecule has 1 amide bonds. The summed E-state index contributed by atoms with van der Waals surface area (Å²) in [7, 11) is 1.59. The van der Waals surface area contributed by atoms with E-state index in [0.717, 1.165) is 11.3 Å². The minimum absolute atomic E-state index is 0.129. The van der Waals surface area contributed by atoms with Gasteiger partial charge in [-0.1, -0.05) is 0 Å². The maximum atomic E-state index is 11.3. The number of hydrogen-bond acceptors (Lipinski definition) is 5. The van der Waals surface area contributed by atoms with Crippen molar-refractivity contribution in [3.63, 3.8) is 0 Å². The zero-order valence-corrected chi connectivity index (χ0v) is 10.6. The van der Waals surface area contributed by atoms with Crippen LogP contribution in [0.2, 0.25) is 0 Å². The number of rotatable bonds is 3. The number of nitrogens with zero attached hydrogens (tertiary/aromatic N) is 4. The first-order valence-corrected chi connectivity index (χ1v) is 5.77. The summed E-state index contributed by atoms with van der Waals surface area (Å²) in [5, 5.41) is 3.97. The molecule has 0 saturated carbocycles. The smallest absolute Gasteiger partial charge is 0.267 e. The summed E-state index contributed by atoms with van der Waals surface area (Å²) < 4.78 is 6.61. The van der Waals surface area contributed by atoms with E-state index in [1.807, 2.05) is 24.3 Å². The molecule has 0 aliphatic carbocycles. The number of nitrogens with two attached hydrogens (primary N) is 1. The monoisotopic (exact) mass is 268 g/mol. The van der Waals surface area contributed by atoms with E-state index in [2.05, 4.69) is 21.4 Å². The Labute approximate surface area is 114 Å². The van der Waals surface area contributed by atoms with E-state index in [1.54, 1.807) is 13.2 Å². The maximum absolute atomic E-state index is 11.3. The van der Waals surface area contributed by atoms with Gasteiger partial charge in [-0.25, -0.2) is 4.98 Å². The van der Waals surface area contributed by atoms with Gasteiger partial charge in [-0.2, -0.15) is 9.50 Å². The Balaban J connectivity index is 2.22. The topological polar surface area (TPSA) is 95.4 Å². The normalized spacial score (nSPS) is 10.7. The van der Waals surface area contributed by atoms with Gasteiger partial charge in [-0.15, -0.1) is 5.10 Å². The lowest BCUT2D eigenvalue weighted by Crippen LogP contribution is -2.14. The molecule has 3 aromatic rings. The van der Waals surface area contributed by atoms with Crippen molar-refractivity contribution >= 4 is 11.7 Å². The minimum Gasteiger partial charge on any atom is -0.497 e. The number of amides is 1. The molecular weight excluding hydrogens is 258 g/mol. The summed E-state index contributed by atoms with van der Waals surface area (Å²) in [6, 6.07) is 8.89. The fourth-order valence-corrected chi connectivity index (χ4v) is 1.86. The van der Waals surface area contributed by atoms with E-state index in [9.17, 15) is 4.79 Å². The number of carbonyl (C=O) groups is 1. The molecule has 7 heteroatoms. The van der Waals surface area contributed by atoms with E-state index in [1.165, 1.54) is 4.52 Å². The van der Waals surface area contributed by atoms with Gasteiger partial charge in [0.25, 0.3) is 11.7 Å². The molecule has 0 bridgehead atoms. The summed E-state index contributed by atoms with van der Waals surface area (Å²) in [6.07, 6.45) is 2.46. The van der Waals surface area contributed by atoms with Gasteiger partial charge >= 0.3 is 0 Å². The van der Waals surface area contributed by atoms with Crippen molar-refractivity contribution in [3.8, 4) is 17.0 Å².